The molecule has 0 aliphatic heterocycles. The number of nitrogens with one attached hydrogen (secondary N) is 2. The highest BCUT2D eigenvalue weighted by molar-refractivity contribution is 5.81. The topological polar surface area (TPSA) is 41.1 Å². The molecule has 13 heavy (non-hydrogen) atoms. The molecule has 2 atom stereocenters. The van der Waals surface area contributed by atoms with Gasteiger partial charge in [0.1, 0.15) is 0 Å². The van der Waals surface area contributed by atoms with Crippen LogP contribution in [-0.4, -0.2) is 25.5 Å². The molecule has 2 N–H and O–H groups in total. The van der Waals surface area contributed by atoms with Crippen LogP contribution in [0, 0.1) is 11.8 Å². The Morgan fingerprint density at radius 2 is 2.08 bits per heavy atom. The van der Waals surface area contributed by atoms with E-state index in [0.29, 0.717) is 5.92 Å². The van der Waals surface area contributed by atoms with Crippen LogP contribution in [0.1, 0.15) is 26.7 Å². The van der Waals surface area contributed by atoms with Gasteiger partial charge in [0.05, 0.1) is 6.04 Å². The highest BCUT2D eigenvalue weighted by atomic mass is 16.2. The molecule has 0 spiro atoms. The molecule has 0 aromatic carbocycles. The minimum atomic E-state index is -0.0774. The summed E-state index contributed by atoms with van der Waals surface area (Å²) in [5, 5.41) is 5.87. The van der Waals surface area contributed by atoms with Gasteiger partial charge < -0.3 is 10.6 Å². The summed E-state index contributed by atoms with van der Waals surface area (Å²) in [6.07, 6.45) is 2.69. The molecule has 0 bridgehead atoms. The molecule has 0 saturated heterocycles. The second-order valence-corrected chi connectivity index (χ2v) is 4.07. The molecule has 2 unspecified atom stereocenters. The Labute approximate surface area is 80.3 Å². The highest BCUT2D eigenvalue weighted by Crippen LogP contribution is 2.35. The van der Waals surface area contributed by atoms with Crippen molar-refractivity contribution < 1.29 is 4.79 Å². The van der Waals surface area contributed by atoms with Crippen molar-refractivity contribution in [3.05, 3.63) is 0 Å². The lowest BCUT2D eigenvalue weighted by Crippen LogP contribution is -2.42. The van der Waals surface area contributed by atoms with Crippen molar-refractivity contribution in [1.29, 1.82) is 0 Å². The number of hydrogen-bond acceptors (Lipinski definition) is 2. The van der Waals surface area contributed by atoms with Gasteiger partial charge in [0, 0.05) is 6.54 Å². The van der Waals surface area contributed by atoms with Gasteiger partial charge in [-0.3, -0.25) is 4.79 Å². The summed E-state index contributed by atoms with van der Waals surface area (Å²) >= 11 is 0. The van der Waals surface area contributed by atoms with E-state index in [1.807, 2.05) is 6.92 Å². The fourth-order valence-corrected chi connectivity index (χ4v) is 1.38. The molecule has 3 heteroatoms. The van der Waals surface area contributed by atoms with Crippen molar-refractivity contribution in [2.24, 2.45) is 11.8 Å². The number of likely N-dealkylation sites (N-methyl/N-ethyl adjacent to an activating group) is 1. The first kappa shape index (κ1) is 10.5. The van der Waals surface area contributed by atoms with Gasteiger partial charge in [-0.25, -0.2) is 0 Å². The minimum Gasteiger partial charge on any atom is -0.354 e. The van der Waals surface area contributed by atoms with Crippen LogP contribution in [0.25, 0.3) is 0 Å². The van der Waals surface area contributed by atoms with E-state index in [2.05, 4.69) is 17.6 Å². The van der Waals surface area contributed by atoms with E-state index in [1.54, 1.807) is 7.05 Å². The summed E-state index contributed by atoms with van der Waals surface area (Å²) in [5.74, 6) is 1.62. The predicted molar refractivity (Wildman–Crippen MR) is 53.4 cm³/mol. The van der Waals surface area contributed by atoms with E-state index in [0.717, 1.165) is 12.5 Å². The summed E-state index contributed by atoms with van der Waals surface area (Å²) in [4.78, 5) is 11.3. The molecule has 1 aliphatic carbocycles. The van der Waals surface area contributed by atoms with E-state index in [4.69, 9.17) is 0 Å². The fraction of sp³-hybridized carbons (Fsp3) is 0.900. The first-order valence-electron chi connectivity index (χ1n) is 5.10. The van der Waals surface area contributed by atoms with Crippen molar-refractivity contribution in [3.8, 4) is 0 Å². The summed E-state index contributed by atoms with van der Waals surface area (Å²) in [5.41, 5.74) is 0. The molecular formula is C10H20N2O. The second-order valence-electron chi connectivity index (χ2n) is 4.07. The van der Waals surface area contributed by atoms with Gasteiger partial charge in [-0.2, -0.15) is 0 Å². The van der Waals surface area contributed by atoms with E-state index in [9.17, 15) is 4.79 Å². The third-order valence-corrected chi connectivity index (χ3v) is 2.85. The average molecular weight is 184 g/mol. The molecule has 0 heterocycles. The molecule has 1 fully saturated rings. The fourth-order valence-electron chi connectivity index (χ4n) is 1.38. The molecule has 3 nitrogen and oxygen atoms in total. The quantitative estimate of drug-likeness (QED) is 0.662. The lowest BCUT2D eigenvalue weighted by atomic mass is 10.1. The van der Waals surface area contributed by atoms with Crippen LogP contribution in [0.4, 0.5) is 0 Å². The monoisotopic (exact) mass is 184 g/mol. The summed E-state index contributed by atoms with van der Waals surface area (Å²) in [7, 11) is 1.80. The number of amides is 1. The smallest absolute Gasteiger partial charge is 0.236 e. The average Bonchev–Trinajstić information content (AvgIpc) is 2.95. The highest BCUT2D eigenvalue weighted by Gasteiger charge is 2.28. The standard InChI is InChI=1S/C10H20N2O/c1-7(9-4-5-9)6-12-10(13)8(2)11-3/h7-9,11H,4-6H2,1-3H3,(H,12,13). The van der Waals surface area contributed by atoms with E-state index in [1.165, 1.54) is 12.8 Å². The normalized spacial score (nSPS) is 20.8. The third-order valence-electron chi connectivity index (χ3n) is 2.85. The first-order chi connectivity index (χ1) is 6.15. The summed E-state index contributed by atoms with van der Waals surface area (Å²) < 4.78 is 0. The van der Waals surface area contributed by atoms with Gasteiger partial charge in [0.2, 0.25) is 5.91 Å². The predicted octanol–water partition coefficient (Wildman–Crippen LogP) is 0.757. The van der Waals surface area contributed by atoms with E-state index < -0.39 is 0 Å². The summed E-state index contributed by atoms with van der Waals surface area (Å²) in [6, 6.07) is -0.0774. The van der Waals surface area contributed by atoms with E-state index in [-0.39, 0.29) is 11.9 Å². The van der Waals surface area contributed by atoms with Crippen LogP contribution >= 0.6 is 0 Å². The Kier molecular flexibility index (Phi) is 3.72. The number of carbonyl (C=O) groups excluding carboxylic acids is 1. The van der Waals surface area contributed by atoms with Crippen LogP contribution in [0.3, 0.4) is 0 Å². The maximum absolute atomic E-state index is 11.3. The molecule has 1 aliphatic rings. The van der Waals surface area contributed by atoms with Crippen LogP contribution in [0.5, 0.6) is 0 Å². The van der Waals surface area contributed by atoms with Gasteiger partial charge >= 0.3 is 0 Å². The van der Waals surface area contributed by atoms with E-state index >= 15 is 0 Å². The number of carbonyl (C=O) groups is 1. The van der Waals surface area contributed by atoms with Crippen LogP contribution < -0.4 is 10.6 Å². The zero-order valence-corrected chi connectivity index (χ0v) is 8.76. The number of rotatable bonds is 5. The SMILES string of the molecule is CNC(C)C(=O)NCC(C)C1CC1. The van der Waals surface area contributed by atoms with Crippen LogP contribution in [0.2, 0.25) is 0 Å². The van der Waals surface area contributed by atoms with Crippen molar-refractivity contribution >= 4 is 5.91 Å². The minimum absolute atomic E-state index is 0.0774. The van der Waals surface area contributed by atoms with Crippen molar-refractivity contribution in [1.82, 2.24) is 10.6 Å². The molecule has 1 amide bonds. The Hall–Kier alpha value is -0.570. The Morgan fingerprint density at radius 3 is 2.54 bits per heavy atom. The summed E-state index contributed by atoms with van der Waals surface area (Å²) in [6.45, 7) is 4.91. The lowest BCUT2D eigenvalue weighted by Gasteiger charge is -2.14. The molecule has 1 rings (SSSR count). The maximum atomic E-state index is 11.3. The lowest BCUT2D eigenvalue weighted by molar-refractivity contribution is -0.122. The van der Waals surface area contributed by atoms with Gasteiger partial charge in [0.25, 0.3) is 0 Å². The third kappa shape index (κ3) is 3.35. The first-order valence-corrected chi connectivity index (χ1v) is 5.10. The van der Waals surface area contributed by atoms with Gasteiger partial charge in [-0.1, -0.05) is 6.92 Å². The largest absolute Gasteiger partial charge is 0.354 e. The number of hydrogen-bond donors (Lipinski definition) is 2. The molecule has 1 saturated carbocycles. The molecule has 0 aromatic heterocycles. The Balaban J connectivity index is 2.13. The Bertz CT molecular complexity index is 178. The maximum Gasteiger partial charge on any atom is 0.236 e. The van der Waals surface area contributed by atoms with Gasteiger partial charge in [-0.15, -0.1) is 0 Å². The van der Waals surface area contributed by atoms with Crippen molar-refractivity contribution in [3.63, 3.8) is 0 Å². The van der Waals surface area contributed by atoms with Gasteiger partial charge in [0.15, 0.2) is 0 Å². The van der Waals surface area contributed by atoms with Crippen LogP contribution in [-0.2, 0) is 4.79 Å². The zero-order chi connectivity index (χ0) is 9.84. The van der Waals surface area contributed by atoms with Gasteiger partial charge in [-0.05, 0) is 38.6 Å². The van der Waals surface area contributed by atoms with Crippen molar-refractivity contribution in [2.75, 3.05) is 13.6 Å². The second kappa shape index (κ2) is 4.61. The van der Waals surface area contributed by atoms with Crippen LogP contribution in [0.15, 0.2) is 0 Å². The molecule has 76 valence electrons. The molecule has 0 radical (unpaired) electrons. The Morgan fingerprint density at radius 1 is 1.46 bits per heavy atom. The molecular weight excluding hydrogens is 164 g/mol. The van der Waals surface area contributed by atoms with Crippen molar-refractivity contribution in [2.45, 2.75) is 32.7 Å². The zero-order valence-electron chi connectivity index (χ0n) is 8.76. The molecule has 0 aromatic rings.